The van der Waals surface area contributed by atoms with Gasteiger partial charge in [0, 0.05) is 29.0 Å². The summed E-state index contributed by atoms with van der Waals surface area (Å²) in [5, 5.41) is 2.56. The SMILES string of the molecule is COC(=O)CNC(=O)C1CCN(C(=O)c2ccc(Br)cc2)CC1. The van der Waals surface area contributed by atoms with Crippen LogP contribution in [0.2, 0.25) is 0 Å². The molecule has 0 saturated carbocycles. The molecule has 1 aromatic rings. The summed E-state index contributed by atoms with van der Waals surface area (Å²) in [5.41, 5.74) is 0.641. The summed E-state index contributed by atoms with van der Waals surface area (Å²) in [5.74, 6) is -0.827. The Morgan fingerprint density at radius 1 is 1.22 bits per heavy atom. The molecule has 0 unspecified atom stereocenters. The first kappa shape index (κ1) is 17.5. The van der Waals surface area contributed by atoms with Crippen LogP contribution in [-0.2, 0) is 14.3 Å². The molecule has 1 saturated heterocycles. The summed E-state index contributed by atoms with van der Waals surface area (Å²) < 4.78 is 5.41. The van der Waals surface area contributed by atoms with Crippen molar-refractivity contribution >= 4 is 33.7 Å². The Hall–Kier alpha value is -1.89. The van der Waals surface area contributed by atoms with Crippen LogP contribution in [0.4, 0.5) is 0 Å². The molecule has 1 heterocycles. The summed E-state index contributed by atoms with van der Waals surface area (Å²) in [4.78, 5) is 37.2. The van der Waals surface area contributed by atoms with Crippen LogP contribution in [0.25, 0.3) is 0 Å². The molecule has 7 heteroatoms. The minimum Gasteiger partial charge on any atom is -0.468 e. The van der Waals surface area contributed by atoms with Crippen LogP contribution in [0, 0.1) is 5.92 Å². The molecule has 0 aromatic heterocycles. The Balaban J connectivity index is 1.83. The number of halogens is 1. The van der Waals surface area contributed by atoms with E-state index < -0.39 is 5.97 Å². The van der Waals surface area contributed by atoms with Crippen molar-refractivity contribution in [3.05, 3.63) is 34.3 Å². The normalized spacial score (nSPS) is 15.1. The van der Waals surface area contributed by atoms with Gasteiger partial charge in [0.15, 0.2) is 0 Å². The smallest absolute Gasteiger partial charge is 0.325 e. The molecular formula is C16H19BrN2O4. The number of amides is 2. The van der Waals surface area contributed by atoms with Crippen LogP contribution in [-0.4, -0.2) is 49.4 Å². The van der Waals surface area contributed by atoms with Crippen LogP contribution in [0.15, 0.2) is 28.7 Å². The van der Waals surface area contributed by atoms with Crippen LogP contribution < -0.4 is 5.32 Å². The number of hydrogen-bond acceptors (Lipinski definition) is 4. The van der Waals surface area contributed by atoms with E-state index >= 15 is 0 Å². The summed E-state index contributed by atoms with van der Waals surface area (Å²) in [7, 11) is 1.28. The number of hydrogen-bond donors (Lipinski definition) is 1. The van der Waals surface area contributed by atoms with Gasteiger partial charge in [-0.05, 0) is 37.1 Å². The number of nitrogens with one attached hydrogen (secondary N) is 1. The fourth-order valence-corrected chi connectivity index (χ4v) is 2.76. The van der Waals surface area contributed by atoms with Crippen LogP contribution in [0.5, 0.6) is 0 Å². The van der Waals surface area contributed by atoms with Gasteiger partial charge in [0.2, 0.25) is 5.91 Å². The van der Waals surface area contributed by atoms with Crippen molar-refractivity contribution in [2.24, 2.45) is 5.92 Å². The highest BCUT2D eigenvalue weighted by Gasteiger charge is 2.27. The quantitative estimate of drug-likeness (QED) is 0.802. The van der Waals surface area contributed by atoms with Crippen molar-refractivity contribution in [1.82, 2.24) is 10.2 Å². The topological polar surface area (TPSA) is 75.7 Å². The number of methoxy groups -OCH3 is 1. The number of carbonyl (C=O) groups excluding carboxylic acids is 3. The zero-order valence-electron chi connectivity index (χ0n) is 12.9. The maximum absolute atomic E-state index is 12.4. The van der Waals surface area contributed by atoms with E-state index in [2.05, 4.69) is 26.0 Å². The Labute approximate surface area is 143 Å². The lowest BCUT2D eigenvalue weighted by atomic mass is 9.95. The van der Waals surface area contributed by atoms with Gasteiger partial charge in [-0.2, -0.15) is 0 Å². The lowest BCUT2D eigenvalue weighted by Gasteiger charge is -2.31. The van der Waals surface area contributed by atoms with Crippen molar-refractivity contribution in [2.75, 3.05) is 26.7 Å². The van der Waals surface area contributed by atoms with E-state index in [-0.39, 0.29) is 24.3 Å². The fraction of sp³-hybridized carbons (Fsp3) is 0.438. The van der Waals surface area contributed by atoms with Gasteiger partial charge < -0.3 is 15.0 Å². The number of likely N-dealkylation sites (tertiary alicyclic amines) is 1. The van der Waals surface area contributed by atoms with E-state index in [1.807, 2.05) is 12.1 Å². The van der Waals surface area contributed by atoms with Gasteiger partial charge in [-0.15, -0.1) is 0 Å². The lowest BCUT2D eigenvalue weighted by molar-refractivity contribution is -0.141. The molecular weight excluding hydrogens is 364 g/mol. The molecule has 1 fully saturated rings. The Morgan fingerprint density at radius 2 is 1.83 bits per heavy atom. The Kier molecular flexibility index (Phi) is 6.15. The Bertz CT molecular complexity index is 580. The van der Waals surface area contributed by atoms with Gasteiger partial charge in [0.25, 0.3) is 5.91 Å². The number of carbonyl (C=O) groups is 3. The molecule has 2 amide bonds. The molecule has 1 N–H and O–H groups in total. The van der Waals surface area contributed by atoms with Gasteiger partial charge in [0.05, 0.1) is 7.11 Å². The third-order valence-electron chi connectivity index (χ3n) is 3.88. The zero-order valence-corrected chi connectivity index (χ0v) is 14.5. The number of rotatable bonds is 4. The number of piperidine rings is 1. The van der Waals surface area contributed by atoms with E-state index in [9.17, 15) is 14.4 Å². The van der Waals surface area contributed by atoms with Gasteiger partial charge in [-0.25, -0.2) is 0 Å². The highest BCUT2D eigenvalue weighted by Crippen LogP contribution is 2.20. The van der Waals surface area contributed by atoms with Crippen LogP contribution in [0.3, 0.4) is 0 Å². The van der Waals surface area contributed by atoms with E-state index in [4.69, 9.17) is 0 Å². The van der Waals surface area contributed by atoms with Crippen molar-refractivity contribution in [3.8, 4) is 0 Å². The predicted molar refractivity (Wildman–Crippen MR) is 87.8 cm³/mol. The zero-order chi connectivity index (χ0) is 16.8. The first-order chi connectivity index (χ1) is 11.0. The van der Waals surface area contributed by atoms with Crippen molar-refractivity contribution in [3.63, 3.8) is 0 Å². The van der Waals surface area contributed by atoms with E-state index in [0.29, 0.717) is 31.5 Å². The van der Waals surface area contributed by atoms with Gasteiger partial charge in [-0.3, -0.25) is 14.4 Å². The number of benzene rings is 1. The molecule has 0 atom stereocenters. The second kappa shape index (κ2) is 8.10. The molecule has 1 aliphatic rings. The summed E-state index contributed by atoms with van der Waals surface area (Å²) >= 11 is 3.34. The third kappa shape index (κ3) is 4.79. The predicted octanol–water partition coefficient (Wildman–Crippen LogP) is 1.59. The molecule has 0 spiro atoms. The Morgan fingerprint density at radius 3 is 2.39 bits per heavy atom. The molecule has 124 valence electrons. The molecule has 6 nitrogen and oxygen atoms in total. The maximum Gasteiger partial charge on any atom is 0.325 e. The second-order valence-electron chi connectivity index (χ2n) is 5.37. The number of ether oxygens (including phenoxy) is 1. The minimum atomic E-state index is -0.471. The summed E-state index contributed by atoms with van der Waals surface area (Å²) in [6, 6.07) is 7.23. The van der Waals surface area contributed by atoms with Crippen molar-refractivity contribution in [2.45, 2.75) is 12.8 Å². The van der Waals surface area contributed by atoms with E-state index in [1.54, 1.807) is 17.0 Å². The summed E-state index contributed by atoms with van der Waals surface area (Å²) in [6.45, 7) is 0.948. The minimum absolute atomic E-state index is 0.0223. The fourth-order valence-electron chi connectivity index (χ4n) is 2.50. The monoisotopic (exact) mass is 382 g/mol. The molecule has 2 rings (SSSR count). The van der Waals surface area contributed by atoms with Gasteiger partial charge in [0.1, 0.15) is 6.54 Å². The average Bonchev–Trinajstić information content (AvgIpc) is 2.59. The molecule has 1 aliphatic heterocycles. The average molecular weight is 383 g/mol. The molecule has 23 heavy (non-hydrogen) atoms. The molecule has 0 bridgehead atoms. The summed E-state index contributed by atoms with van der Waals surface area (Å²) in [6.07, 6.45) is 1.19. The molecule has 0 aliphatic carbocycles. The van der Waals surface area contributed by atoms with Gasteiger partial charge >= 0.3 is 5.97 Å². The second-order valence-corrected chi connectivity index (χ2v) is 6.28. The number of esters is 1. The first-order valence-corrected chi connectivity index (χ1v) is 8.20. The van der Waals surface area contributed by atoms with E-state index in [0.717, 1.165) is 4.47 Å². The number of nitrogens with zero attached hydrogens (tertiary/aromatic N) is 1. The van der Waals surface area contributed by atoms with Crippen LogP contribution >= 0.6 is 15.9 Å². The first-order valence-electron chi connectivity index (χ1n) is 7.40. The maximum atomic E-state index is 12.4. The van der Waals surface area contributed by atoms with Gasteiger partial charge in [-0.1, -0.05) is 15.9 Å². The van der Waals surface area contributed by atoms with Crippen molar-refractivity contribution in [1.29, 1.82) is 0 Å². The van der Waals surface area contributed by atoms with E-state index in [1.165, 1.54) is 7.11 Å². The van der Waals surface area contributed by atoms with Crippen LogP contribution in [0.1, 0.15) is 23.2 Å². The highest BCUT2D eigenvalue weighted by molar-refractivity contribution is 9.10. The standard InChI is InChI=1S/C16H19BrN2O4/c1-23-14(20)10-18-15(21)11-6-8-19(9-7-11)16(22)12-2-4-13(17)5-3-12/h2-5,11H,6-10H2,1H3,(H,18,21). The largest absolute Gasteiger partial charge is 0.468 e. The molecule has 0 radical (unpaired) electrons. The molecule has 1 aromatic carbocycles. The lowest BCUT2D eigenvalue weighted by Crippen LogP contribution is -2.44. The van der Waals surface area contributed by atoms with Crippen molar-refractivity contribution < 1.29 is 19.1 Å². The third-order valence-corrected chi connectivity index (χ3v) is 4.41. The highest BCUT2D eigenvalue weighted by atomic mass is 79.9.